The van der Waals surface area contributed by atoms with Gasteiger partial charge in [-0.2, -0.15) is 0 Å². The van der Waals surface area contributed by atoms with Crippen molar-refractivity contribution >= 4 is 17.4 Å². The summed E-state index contributed by atoms with van der Waals surface area (Å²) in [4.78, 5) is 24.1. The van der Waals surface area contributed by atoms with Gasteiger partial charge in [0.1, 0.15) is 5.69 Å². The first-order chi connectivity index (χ1) is 18.5. The first-order valence-electron chi connectivity index (χ1n) is 13.2. The summed E-state index contributed by atoms with van der Waals surface area (Å²) in [6, 6.07) is 18.4. The number of hydrogen-bond acceptors (Lipinski definition) is 5. The van der Waals surface area contributed by atoms with E-state index in [1.165, 1.54) is 5.56 Å². The lowest BCUT2D eigenvalue weighted by Crippen LogP contribution is -2.25. The van der Waals surface area contributed by atoms with Gasteiger partial charge in [-0.15, -0.1) is 0 Å². The molecule has 1 fully saturated rings. The van der Waals surface area contributed by atoms with Crippen molar-refractivity contribution < 1.29 is 4.79 Å². The van der Waals surface area contributed by atoms with E-state index < -0.39 is 0 Å². The minimum Gasteiger partial charge on any atom is -0.367 e. The Balaban J connectivity index is 1.40. The fraction of sp³-hybridized carbons (Fsp3) is 0.323. The summed E-state index contributed by atoms with van der Waals surface area (Å²) < 4.78 is 2.03. The number of nitrogens with one attached hydrogen (secondary N) is 2. The zero-order valence-electron chi connectivity index (χ0n) is 22.2. The van der Waals surface area contributed by atoms with Crippen LogP contribution in [0.4, 0.5) is 5.82 Å². The average molecular weight is 507 g/mol. The molecule has 0 saturated heterocycles. The van der Waals surface area contributed by atoms with E-state index in [4.69, 9.17) is 4.98 Å². The van der Waals surface area contributed by atoms with Crippen LogP contribution in [0.2, 0.25) is 0 Å². The van der Waals surface area contributed by atoms with Crippen LogP contribution in [-0.2, 0) is 6.54 Å². The van der Waals surface area contributed by atoms with Gasteiger partial charge in [-0.25, -0.2) is 9.97 Å². The number of imidazole rings is 1. The minimum absolute atomic E-state index is 0.0173. The molecule has 4 aromatic rings. The topological polar surface area (TPSA) is 74.6 Å². The molecule has 0 bridgehead atoms. The lowest BCUT2D eigenvalue weighted by Gasteiger charge is -2.13. The molecule has 194 valence electrons. The Morgan fingerprint density at radius 1 is 1.13 bits per heavy atom. The standard InChI is InChI=1S/C31H34N6O/c1-22(2)18-32-29-30-33-19-28(24-11-13-25(14-12-24)31(38)35-26-15-16-26)37(30)21-27(34-29)10-7-17-36(3)20-23-8-5-4-6-9-23/h4-6,8-9,11-14,19,21-22,26H,15-18,20H2,1-3H3,(H,32,34)(H,35,38). The fourth-order valence-corrected chi connectivity index (χ4v) is 4.19. The average Bonchev–Trinajstić information content (AvgIpc) is 3.63. The first kappa shape index (κ1) is 25.5. The Morgan fingerprint density at radius 3 is 2.61 bits per heavy atom. The molecule has 2 aromatic heterocycles. The third kappa shape index (κ3) is 6.39. The molecule has 1 saturated carbocycles. The molecule has 0 radical (unpaired) electrons. The van der Waals surface area contributed by atoms with Crippen LogP contribution < -0.4 is 10.6 Å². The summed E-state index contributed by atoms with van der Waals surface area (Å²) in [5.41, 5.74) is 5.26. The summed E-state index contributed by atoms with van der Waals surface area (Å²) in [5.74, 6) is 7.69. The van der Waals surface area contributed by atoms with Gasteiger partial charge in [0.25, 0.3) is 5.91 Å². The van der Waals surface area contributed by atoms with Gasteiger partial charge in [-0.05, 0) is 49.4 Å². The molecule has 2 heterocycles. The third-order valence-electron chi connectivity index (χ3n) is 6.39. The van der Waals surface area contributed by atoms with Crippen LogP contribution in [0, 0.1) is 17.8 Å². The van der Waals surface area contributed by atoms with Crippen LogP contribution in [0.1, 0.15) is 48.3 Å². The number of nitrogens with zero attached hydrogens (tertiary/aromatic N) is 4. The molecule has 0 atom stereocenters. The predicted molar refractivity (Wildman–Crippen MR) is 152 cm³/mol. The van der Waals surface area contributed by atoms with Gasteiger partial charge in [0.2, 0.25) is 0 Å². The van der Waals surface area contributed by atoms with Gasteiger partial charge in [0, 0.05) is 36.5 Å². The maximum atomic E-state index is 12.4. The van der Waals surface area contributed by atoms with Crippen molar-refractivity contribution in [3.05, 3.63) is 83.8 Å². The van der Waals surface area contributed by atoms with Crippen LogP contribution in [0.25, 0.3) is 16.9 Å². The quantitative estimate of drug-likeness (QED) is 0.318. The van der Waals surface area contributed by atoms with Crippen molar-refractivity contribution in [2.24, 2.45) is 5.92 Å². The number of carbonyl (C=O) groups excluding carboxylic acids is 1. The number of hydrogen-bond donors (Lipinski definition) is 2. The number of aromatic nitrogens is 3. The number of amides is 1. The van der Waals surface area contributed by atoms with Crippen molar-refractivity contribution in [2.75, 3.05) is 25.5 Å². The second-order valence-corrected chi connectivity index (χ2v) is 10.4. The lowest BCUT2D eigenvalue weighted by molar-refractivity contribution is 0.0951. The summed E-state index contributed by atoms with van der Waals surface area (Å²) in [5, 5.41) is 6.49. The van der Waals surface area contributed by atoms with Crippen molar-refractivity contribution in [1.29, 1.82) is 0 Å². The molecule has 5 rings (SSSR count). The Kier molecular flexibility index (Phi) is 7.71. The van der Waals surface area contributed by atoms with E-state index in [-0.39, 0.29) is 5.91 Å². The van der Waals surface area contributed by atoms with E-state index in [1.54, 1.807) is 0 Å². The monoisotopic (exact) mass is 506 g/mol. The molecule has 0 spiro atoms. The molecule has 7 nitrogen and oxygen atoms in total. The molecule has 2 N–H and O–H groups in total. The number of fused-ring (bicyclic) bond motifs is 1. The van der Waals surface area contributed by atoms with Crippen LogP contribution in [0.15, 0.2) is 67.0 Å². The molecule has 38 heavy (non-hydrogen) atoms. The Labute approximate surface area is 224 Å². The van der Waals surface area contributed by atoms with Gasteiger partial charge in [0.15, 0.2) is 11.5 Å². The van der Waals surface area contributed by atoms with Crippen molar-refractivity contribution in [2.45, 2.75) is 39.3 Å². The second kappa shape index (κ2) is 11.5. The predicted octanol–water partition coefficient (Wildman–Crippen LogP) is 4.84. The molecule has 0 unspecified atom stereocenters. The molecule has 1 aliphatic carbocycles. The zero-order chi connectivity index (χ0) is 26.5. The normalized spacial score (nSPS) is 13.0. The van der Waals surface area contributed by atoms with Crippen LogP contribution in [0.3, 0.4) is 0 Å². The van der Waals surface area contributed by atoms with Gasteiger partial charge in [-0.1, -0.05) is 62.2 Å². The van der Waals surface area contributed by atoms with Gasteiger partial charge >= 0.3 is 0 Å². The maximum Gasteiger partial charge on any atom is 0.251 e. The van der Waals surface area contributed by atoms with Gasteiger partial charge in [-0.3, -0.25) is 14.1 Å². The minimum atomic E-state index is -0.0173. The number of carbonyl (C=O) groups is 1. The largest absolute Gasteiger partial charge is 0.367 e. The summed E-state index contributed by atoms with van der Waals surface area (Å²) in [6.45, 7) is 6.57. The SMILES string of the molecule is CC(C)CNc1nc(C#CCN(C)Cc2ccccc2)cn2c(-c3ccc(C(=O)NC4CC4)cc3)cnc12. The second-order valence-electron chi connectivity index (χ2n) is 10.4. The van der Waals surface area contributed by atoms with Gasteiger partial charge < -0.3 is 10.6 Å². The summed E-state index contributed by atoms with van der Waals surface area (Å²) in [6.07, 6.45) is 5.93. The molecule has 1 aliphatic rings. The van der Waals surface area contributed by atoms with E-state index in [1.807, 2.05) is 47.1 Å². The summed E-state index contributed by atoms with van der Waals surface area (Å²) >= 11 is 0. The lowest BCUT2D eigenvalue weighted by atomic mass is 10.1. The van der Waals surface area contributed by atoms with Crippen molar-refractivity contribution in [3.63, 3.8) is 0 Å². The first-order valence-corrected chi connectivity index (χ1v) is 13.2. The Morgan fingerprint density at radius 2 is 1.89 bits per heavy atom. The molecule has 0 aliphatic heterocycles. The molecule has 7 heteroatoms. The highest BCUT2D eigenvalue weighted by molar-refractivity contribution is 5.95. The van der Waals surface area contributed by atoms with E-state index >= 15 is 0 Å². The fourth-order valence-electron chi connectivity index (χ4n) is 4.19. The van der Waals surface area contributed by atoms with E-state index in [0.29, 0.717) is 29.8 Å². The molecule has 1 amide bonds. The maximum absolute atomic E-state index is 12.4. The molecular formula is C31H34N6O. The van der Waals surface area contributed by atoms with Crippen molar-refractivity contribution in [1.82, 2.24) is 24.6 Å². The van der Waals surface area contributed by atoms with Crippen LogP contribution in [0.5, 0.6) is 0 Å². The van der Waals surface area contributed by atoms with E-state index in [0.717, 1.165) is 48.7 Å². The smallest absolute Gasteiger partial charge is 0.251 e. The highest BCUT2D eigenvalue weighted by atomic mass is 16.1. The Hall–Kier alpha value is -4.15. The third-order valence-corrected chi connectivity index (χ3v) is 6.39. The van der Waals surface area contributed by atoms with Crippen molar-refractivity contribution in [3.8, 4) is 23.1 Å². The number of anilines is 1. The number of rotatable bonds is 9. The molecular weight excluding hydrogens is 472 g/mol. The zero-order valence-corrected chi connectivity index (χ0v) is 22.2. The number of benzene rings is 2. The van der Waals surface area contributed by atoms with Crippen LogP contribution in [-0.4, -0.2) is 51.4 Å². The summed E-state index contributed by atoms with van der Waals surface area (Å²) in [7, 11) is 2.07. The van der Waals surface area contributed by atoms with E-state index in [9.17, 15) is 4.79 Å². The highest BCUT2D eigenvalue weighted by Gasteiger charge is 2.23. The van der Waals surface area contributed by atoms with Crippen LogP contribution >= 0.6 is 0 Å². The molecule has 2 aromatic carbocycles. The van der Waals surface area contributed by atoms with E-state index in [2.05, 4.69) is 77.5 Å². The highest BCUT2D eigenvalue weighted by Crippen LogP contribution is 2.25. The Bertz CT molecular complexity index is 1460. The van der Waals surface area contributed by atoms with Gasteiger partial charge in [0.05, 0.1) is 18.4 Å².